The highest BCUT2D eigenvalue weighted by Crippen LogP contribution is 2.36. The second kappa shape index (κ2) is 9.05. The van der Waals surface area contributed by atoms with Gasteiger partial charge in [0.2, 0.25) is 23.6 Å². The van der Waals surface area contributed by atoms with Gasteiger partial charge in [-0.2, -0.15) is 0 Å². The summed E-state index contributed by atoms with van der Waals surface area (Å²) in [6.07, 6.45) is 1.48. The fourth-order valence-electron chi connectivity index (χ4n) is 5.11. The smallest absolute Gasteiger partial charge is 0.247 e. The maximum atomic E-state index is 13.3. The van der Waals surface area contributed by atoms with Gasteiger partial charge >= 0.3 is 0 Å². The van der Waals surface area contributed by atoms with Crippen LogP contribution in [0.25, 0.3) is 0 Å². The van der Waals surface area contributed by atoms with Gasteiger partial charge in [0.15, 0.2) is 0 Å². The van der Waals surface area contributed by atoms with Crippen molar-refractivity contribution in [3.8, 4) is 0 Å². The summed E-state index contributed by atoms with van der Waals surface area (Å²) >= 11 is 0. The van der Waals surface area contributed by atoms with Crippen molar-refractivity contribution < 1.29 is 24.4 Å². The minimum absolute atomic E-state index is 0.0983. The van der Waals surface area contributed by atoms with E-state index in [9.17, 15) is 24.4 Å². The number of hydrogen-bond donors (Lipinski definition) is 2. The summed E-state index contributed by atoms with van der Waals surface area (Å²) in [4.78, 5) is 55.2. The van der Waals surface area contributed by atoms with Crippen molar-refractivity contribution >= 4 is 29.3 Å². The van der Waals surface area contributed by atoms with Crippen LogP contribution >= 0.6 is 0 Å². The molecule has 31 heavy (non-hydrogen) atoms. The summed E-state index contributed by atoms with van der Waals surface area (Å²) in [6, 6.07) is 9.62. The summed E-state index contributed by atoms with van der Waals surface area (Å²) < 4.78 is 0. The maximum Gasteiger partial charge on any atom is 0.247 e. The Morgan fingerprint density at radius 3 is 2.16 bits per heavy atom. The van der Waals surface area contributed by atoms with E-state index < -0.39 is 23.8 Å². The molecule has 4 rings (SSSR count). The normalized spacial score (nSPS) is 26.9. The largest absolute Gasteiger partial charge is 0.368 e. The molecule has 2 unspecified atom stereocenters. The molecule has 0 aromatic heterocycles. The molecule has 1 saturated carbocycles. The van der Waals surface area contributed by atoms with Crippen molar-refractivity contribution in [3.63, 3.8) is 0 Å². The molecule has 0 radical (unpaired) electrons. The predicted octanol–water partition coefficient (Wildman–Crippen LogP) is 0.774. The third kappa shape index (κ3) is 4.27. The molecule has 3 fully saturated rings. The van der Waals surface area contributed by atoms with Gasteiger partial charge in [-0.15, -0.1) is 0 Å². The van der Waals surface area contributed by atoms with E-state index in [1.54, 1.807) is 10.4 Å². The zero-order chi connectivity index (χ0) is 22.0. The Hall–Kier alpha value is -2.94. The molecule has 9 nitrogen and oxygen atoms in total. The SMILES string of the molecule is O=C(NO)[C@H]1CC(N2C(=O)CCC2=O)CCC1C(=O)N1CCN(c2ccccc2)CC1. The molecular weight excluding hydrogens is 400 g/mol. The lowest BCUT2D eigenvalue weighted by atomic mass is 9.75. The highest BCUT2D eigenvalue weighted by molar-refractivity contribution is 6.02. The van der Waals surface area contributed by atoms with Crippen molar-refractivity contribution in [1.82, 2.24) is 15.3 Å². The topological polar surface area (TPSA) is 110 Å². The van der Waals surface area contributed by atoms with Gasteiger partial charge in [-0.05, 0) is 31.4 Å². The second-order valence-corrected chi connectivity index (χ2v) is 8.46. The van der Waals surface area contributed by atoms with Crippen LogP contribution in [0, 0.1) is 11.8 Å². The van der Waals surface area contributed by atoms with Gasteiger partial charge in [-0.1, -0.05) is 18.2 Å². The number of nitrogens with one attached hydrogen (secondary N) is 1. The number of anilines is 1. The van der Waals surface area contributed by atoms with Crippen LogP contribution in [0.15, 0.2) is 30.3 Å². The van der Waals surface area contributed by atoms with E-state index in [-0.39, 0.29) is 37.0 Å². The Morgan fingerprint density at radius 1 is 0.903 bits per heavy atom. The predicted molar refractivity (Wildman–Crippen MR) is 111 cm³/mol. The monoisotopic (exact) mass is 428 g/mol. The Balaban J connectivity index is 1.42. The van der Waals surface area contributed by atoms with Crippen LogP contribution in [0.2, 0.25) is 0 Å². The van der Waals surface area contributed by atoms with Crippen molar-refractivity contribution in [2.45, 2.75) is 38.1 Å². The number of imide groups is 1. The average Bonchev–Trinajstić information content (AvgIpc) is 3.16. The molecule has 1 aromatic rings. The lowest BCUT2D eigenvalue weighted by Crippen LogP contribution is -2.54. The summed E-state index contributed by atoms with van der Waals surface area (Å²) in [5.41, 5.74) is 2.80. The van der Waals surface area contributed by atoms with Crippen LogP contribution in [0.1, 0.15) is 32.1 Å². The number of para-hydroxylation sites is 1. The molecule has 4 amide bonds. The molecule has 9 heteroatoms. The van der Waals surface area contributed by atoms with E-state index in [4.69, 9.17) is 0 Å². The van der Waals surface area contributed by atoms with Gasteiger partial charge in [-0.3, -0.25) is 29.3 Å². The Kier molecular flexibility index (Phi) is 6.22. The quantitative estimate of drug-likeness (QED) is 0.417. The summed E-state index contributed by atoms with van der Waals surface area (Å²) in [7, 11) is 0. The van der Waals surface area contributed by atoms with Gasteiger partial charge in [-0.25, -0.2) is 5.48 Å². The molecule has 166 valence electrons. The zero-order valence-electron chi connectivity index (χ0n) is 17.4. The van der Waals surface area contributed by atoms with E-state index in [1.165, 1.54) is 4.90 Å². The van der Waals surface area contributed by atoms with Crippen LogP contribution in [0.3, 0.4) is 0 Å². The van der Waals surface area contributed by atoms with Crippen molar-refractivity contribution in [2.24, 2.45) is 11.8 Å². The first kappa shape index (κ1) is 21.3. The first-order valence-corrected chi connectivity index (χ1v) is 10.9. The number of benzene rings is 1. The van der Waals surface area contributed by atoms with E-state index in [1.807, 2.05) is 30.3 Å². The Bertz CT molecular complexity index is 837. The third-order valence-corrected chi connectivity index (χ3v) is 6.75. The third-order valence-electron chi connectivity index (χ3n) is 6.75. The van der Waals surface area contributed by atoms with Crippen molar-refractivity contribution in [2.75, 3.05) is 31.1 Å². The van der Waals surface area contributed by atoms with Crippen LogP contribution < -0.4 is 10.4 Å². The number of carbonyl (C=O) groups is 4. The van der Waals surface area contributed by atoms with Crippen LogP contribution in [0.5, 0.6) is 0 Å². The fraction of sp³-hybridized carbons (Fsp3) is 0.545. The van der Waals surface area contributed by atoms with E-state index >= 15 is 0 Å². The van der Waals surface area contributed by atoms with Gasteiger partial charge in [0.05, 0.1) is 5.92 Å². The number of likely N-dealkylation sites (tertiary alicyclic amines) is 1. The lowest BCUT2D eigenvalue weighted by Gasteiger charge is -2.41. The molecule has 3 atom stereocenters. The zero-order valence-corrected chi connectivity index (χ0v) is 17.4. The molecule has 2 saturated heterocycles. The number of nitrogens with zero attached hydrogens (tertiary/aromatic N) is 3. The first-order valence-electron chi connectivity index (χ1n) is 10.9. The second-order valence-electron chi connectivity index (χ2n) is 8.46. The molecule has 2 N–H and O–H groups in total. The minimum Gasteiger partial charge on any atom is -0.368 e. The number of amides is 4. The minimum atomic E-state index is -0.774. The number of hydroxylamine groups is 1. The van der Waals surface area contributed by atoms with E-state index in [0.29, 0.717) is 39.0 Å². The number of piperazine rings is 1. The average molecular weight is 428 g/mol. The Labute approximate surface area is 180 Å². The van der Waals surface area contributed by atoms with E-state index in [0.717, 1.165) is 5.69 Å². The fourth-order valence-corrected chi connectivity index (χ4v) is 5.11. The van der Waals surface area contributed by atoms with E-state index in [2.05, 4.69) is 4.90 Å². The molecule has 2 aliphatic heterocycles. The highest BCUT2D eigenvalue weighted by Gasteiger charge is 2.45. The number of rotatable bonds is 4. The maximum absolute atomic E-state index is 13.3. The standard InChI is InChI=1S/C22H28N4O5/c27-19-8-9-20(28)26(19)16-6-7-17(18(14-16)21(29)23-31)22(30)25-12-10-24(11-13-25)15-4-2-1-3-5-15/h1-5,16-18,31H,6-14H2,(H,23,29)/t16?,17?,18-/m0/s1. The first-order chi connectivity index (χ1) is 15.0. The molecule has 1 aromatic carbocycles. The number of carbonyl (C=O) groups excluding carboxylic acids is 4. The number of hydrogen-bond acceptors (Lipinski definition) is 6. The van der Waals surface area contributed by atoms with Gasteiger partial charge < -0.3 is 9.80 Å². The molecule has 3 aliphatic rings. The molecule has 0 spiro atoms. The summed E-state index contributed by atoms with van der Waals surface area (Å²) in [5.74, 6) is -2.52. The highest BCUT2D eigenvalue weighted by atomic mass is 16.5. The molecule has 1 aliphatic carbocycles. The molecule has 2 heterocycles. The molecular formula is C22H28N4O5. The van der Waals surface area contributed by atoms with Crippen molar-refractivity contribution in [1.29, 1.82) is 0 Å². The van der Waals surface area contributed by atoms with Crippen molar-refractivity contribution in [3.05, 3.63) is 30.3 Å². The van der Waals surface area contributed by atoms with Crippen LogP contribution in [0.4, 0.5) is 5.69 Å². The summed E-state index contributed by atoms with van der Waals surface area (Å²) in [6.45, 7) is 2.53. The van der Waals surface area contributed by atoms with Gasteiger partial charge in [0, 0.05) is 56.7 Å². The molecule has 0 bridgehead atoms. The van der Waals surface area contributed by atoms with Gasteiger partial charge in [0.25, 0.3) is 0 Å². The van der Waals surface area contributed by atoms with Crippen LogP contribution in [-0.4, -0.2) is 70.9 Å². The van der Waals surface area contributed by atoms with Crippen LogP contribution in [-0.2, 0) is 19.2 Å². The van der Waals surface area contributed by atoms with Gasteiger partial charge in [0.1, 0.15) is 0 Å². The Morgan fingerprint density at radius 2 is 1.55 bits per heavy atom. The lowest BCUT2D eigenvalue weighted by molar-refractivity contribution is -0.151. The summed E-state index contributed by atoms with van der Waals surface area (Å²) in [5, 5.41) is 9.23.